The van der Waals surface area contributed by atoms with Crippen LogP contribution in [0.3, 0.4) is 0 Å². The number of fused-ring (bicyclic) bond motifs is 6. The van der Waals surface area contributed by atoms with Crippen LogP contribution < -0.4 is 36.7 Å². The average molecular weight is 983 g/mol. The zero-order chi connectivity index (χ0) is 50.3. The van der Waals surface area contributed by atoms with E-state index in [2.05, 4.69) is 37.8 Å². The van der Waals surface area contributed by atoms with Crippen LogP contribution in [0.25, 0.3) is 22.3 Å². The fraction of sp³-hybridized carbons (Fsp3) is 0.490. The van der Waals surface area contributed by atoms with Gasteiger partial charge in [-0.3, -0.25) is 24.0 Å². The fourth-order valence-corrected chi connectivity index (χ4v) is 9.34. The molecule has 0 spiro atoms. The molecule has 7 rings (SSSR count). The Kier molecular flexibility index (Phi) is 16.0. The predicted molar refractivity (Wildman–Crippen MR) is 253 cm³/mol. The maximum atomic E-state index is 13.9. The Balaban J connectivity index is 0.961. The summed E-state index contributed by atoms with van der Waals surface area (Å²) in [4.78, 5) is 92.9. The highest BCUT2D eigenvalue weighted by Crippen LogP contribution is 2.43. The molecule has 3 aliphatic heterocycles. The summed E-state index contributed by atoms with van der Waals surface area (Å²) >= 11 is 0. The number of benzene rings is 1. The molecule has 0 bridgehead atoms. The van der Waals surface area contributed by atoms with Crippen molar-refractivity contribution < 1.29 is 51.7 Å². The number of sulfone groups is 1. The Morgan fingerprint density at radius 2 is 1.67 bits per heavy atom. The van der Waals surface area contributed by atoms with Crippen molar-refractivity contribution in [1.82, 2.24) is 35.5 Å². The van der Waals surface area contributed by atoms with Crippen molar-refractivity contribution in [3.63, 3.8) is 0 Å². The van der Waals surface area contributed by atoms with Crippen molar-refractivity contribution in [1.29, 1.82) is 0 Å². The van der Waals surface area contributed by atoms with Gasteiger partial charge in [-0.2, -0.15) is 0 Å². The number of hydrogen-bond acceptors (Lipinski definition) is 16. The summed E-state index contributed by atoms with van der Waals surface area (Å²) in [6.45, 7) is 5.17. The van der Waals surface area contributed by atoms with Crippen molar-refractivity contribution in [3.05, 3.63) is 68.8 Å². The van der Waals surface area contributed by atoms with Gasteiger partial charge in [0.25, 0.3) is 5.56 Å². The van der Waals surface area contributed by atoms with Crippen LogP contribution >= 0.6 is 0 Å². The number of aromatic nitrogens is 4. The Hall–Kier alpha value is -6.76. The quantitative estimate of drug-likeness (QED) is 0.0306. The summed E-state index contributed by atoms with van der Waals surface area (Å²) < 4.78 is 41.1. The molecule has 3 aliphatic rings. The van der Waals surface area contributed by atoms with Crippen molar-refractivity contribution >= 4 is 50.2 Å². The number of unbranched alkanes of at least 4 members (excludes halogenated alkanes) is 2. The highest BCUT2D eigenvalue weighted by molar-refractivity contribution is 7.90. The average Bonchev–Trinajstić information content (AvgIpc) is 3.95. The number of esters is 1. The first kappa shape index (κ1) is 51.1. The van der Waals surface area contributed by atoms with Crippen molar-refractivity contribution in [2.75, 3.05) is 26.1 Å². The van der Waals surface area contributed by atoms with Crippen LogP contribution in [-0.2, 0) is 63.8 Å². The summed E-state index contributed by atoms with van der Waals surface area (Å²) in [5, 5.41) is 20.2. The van der Waals surface area contributed by atoms with Gasteiger partial charge in [0.2, 0.25) is 39.5 Å². The molecule has 6 heterocycles. The zero-order valence-corrected chi connectivity index (χ0v) is 40.5. The van der Waals surface area contributed by atoms with Gasteiger partial charge in [-0.05, 0) is 75.1 Å². The highest BCUT2D eigenvalue weighted by Gasteiger charge is 2.45. The Labute approximate surface area is 404 Å². The predicted octanol–water partition coefficient (Wildman–Crippen LogP) is 2.58. The lowest BCUT2D eigenvalue weighted by Gasteiger charge is -2.31. The van der Waals surface area contributed by atoms with Crippen molar-refractivity contribution in [2.45, 2.75) is 121 Å². The van der Waals surface area contributed by atoms with Crippen LogP contribution in [0.1, 0.15) is 113 Å². The number of ether oxygens (including phenoxy) is 3. The first-order chi connectivity index (χ1) is 33.4. The van der Waals surface area contributed by atoms with Gasteiger partial charge >= 0.3 is 5.97 Å². The van der Waals surface area contributed by atoms with Gasteiger partial charge in [-0.15, -0.1) is 0 Å². The zero-order valence-electron chi connectivity index (χ0n) is 39.6. The van der Waals surface area contributed by atoms with Gasteiger partial charge < -0.3 is 45.6 Å². The number of pyridine rings is 2. The second kappa shape index (κ2) is 21.9. The second-order valence-electron chi connectivity index (χ2n) is 18.0. The van der Waals surface area contributed by atoms with Gasteiger partial charge in [-0.25, -0.2) is 28.2 Å². The third kappa shape index (κ3) is 11.3. The monoisotopic (exact) mass is 982 g/mol. The fourth-order valence-electron chi connectivity index (χ4n) is 8.86. The topological polar surface area (TPSA) is 290 Å². The minimum Gasteiger partial charge on any atom is -0.458 e. The number of amides is 3. The van der Waals surface area contributed by atoms with Crippen LogP contribution in [0, 0.1) is 23.7 Å². The number of aliphatic hydroxyl groups is 1. The first-order valence-electron chi connectivity index (χ1n) is 23.4. The lowest BCUT2D eigenvalue weighted by molar-refractivity contribution is -0.172. The number of rotatable bonds is 21. The molecule has 0 radical (unpaired) electrons. The van der Waals surface area contributed by atoms with Crippen LogP contribution in [0.5, 0.6) is 11.5 Å². The van der Waals surface area contributed by atoms with E-state index in [0.29, 0.717) is 102 Å². The van der Waals surface area contributed by atoms with Gasteiger partial charge in [0.1, 0.15) is 18.4 Å². The SMILES string of the molecule is CC[C@@]1(O)C(=O)OCc2c1cc1n(c2=O)Cc2c-1nc1cc3c(cc1c2CNC(=O)CNC(=O)[C@H](CCCCN)NC(=O)[C@@H](CCCC(=O)CCCC#Cc1cnc(S(C)(=O)=O)nc1)C(C)C)OCO3. The number of nitrogens with zero attached hydrogens (tertiary/aromatic N) is 4. The Morgan fingerprint density at radius 3 is 2.37 bits per heavy atom. The number of cyclic esters (lactones) is 1. The highest BCUT2D eigenvalue weighted by atomic mass is 32.2. The normalized spacial score (nSPS) is 16.3. The molecular formula is C49H58N8O12S. The molecule has 6 N–H and O–H groups in total. The minimum atomic E-state index is -3.51. The van der Waals surface area contributed by atoms with E-state index in [1.807, 2.05) is 13.8 Å². The summed E-state index contributed by atoms with van der Waals surface area (Å²) in [7, 11) is -3.51. The van der Waals surface area contributed by atoms with Gasteiger partial charge in [0.05, 0.1) is 41.1 Å². The van der Waals surface area contributed by atoms with Crippen LogP contribution in [0.15, 0.2) is 40.5 Å². The summed E-state index contributed by atoms with van der Waals surface area (Å²) in [6, 6.07) is 4.12. The first-order valence-corrected chi connectivity index (χ1v) is 25.3. The maximum Gasteiger partial charge on any atom is 0.343 e. The smallest absolute Gasteiger partial charge is 0.343 e. The molecule has 0 unspecified atom stereocenters. The van der Waals surface area contributed by atoms with Crippen molar-refractivity contribution in [3.8, 4) is 34.7 Å². The standard InChI is InChI=1S/C49H58N8O12S/c1-5-49(64)36-19-39-43-34(25-57(39)46(62)35(36)26-67-47(49)63)33(32-18-40-41(69-27-68-40)20-38(32)55-43)23-51-42(59)24-52-45(61)37(16-9-10-17-50)56-44(60)31(28(2)3)15-11-14-30(58)13-8-6-7-12-29-21-53-48(54-22-29)70(4,65)66/h18-22,28,31,37,64H,5-6,8-11,13-17,23-27,50H2,1-4H3,(H,51,59)(H,52,61)(H,56,60)/t31-,37-,49-/m0/s1. The van der Waals surface area contributed by atoms with E-state index in [1.165, 1.54) is 17.0 Å². The van der Waals surface area contributed by atoms with Crippen LogP contribution in [0.4, 0.5) is 0 Å². The van der Waals surface area contributed by atoms with Gasteiger partial charge in [0, 0.05) is 73.0 Å². The Bertz CT molecular complexity index is 2950. The number of nitrogens with two attached hydrogens (primary N) is 1. The molecule has 0 aliphatic carbocycles. The molecule has 20 nitrogen and oxygen atoms in total. The molecular weight excluding hydrogens is 925 g/mol. The van der Waals surface area contributed by atoms with Gasteiger partial charge in [-0.1, -0.05) is 32.6 Å². The summed E-state index contributed by atoms with van der Waals surface area (Å²) in [5.74, 6) is 3.96. The lowest BCUT2D eigenvalue weighted by atomic mass is 9.86. The summed E-state index contributed by atoms with van der Waals surface area (Å²) in [6.07, 6.45) is 7.56. The van der Waals surface area contributed by atoms with E-state index in [4.69, 9.17) is 24.9 Å². The molecule has 0 fully saturated rings. The van der Waals surface area contributed by atoms with E-state index < -0.39 is 57.3 Å². The number of Topliss-reactive ketones (excluding diaryl/α,β-unsaturated/α-hetero) is 1. The number of hydrogen-bond donors (Lipinski definition) is 5. The number of ketones is 1. The molecule has 3 atom stereocenters. The second-order valence-corrected chi connectivity index (χ2v) is 20.0. The molecule has 3 aromatic heterocycles. The Morgan fingerprint density at radius 1 is 0.943 bits per heavy atom. The molecule has 70 heavy (non-hydrogen) atoms. The molecule has 1 aromatic carbocycles. The third-order valence-electron chi connectivity index (χ3n) is 12.8. The molecule has 4 aromatic rings. The van der Waals surface area contributed by atoms with E-state index in [9.17, 15) is 42.3 Å². The molecule has 3 amide bonds. The molecule has 21 heteroatoms. The van der Waals surface area contributed by atoms with E-state index in [0.717, 1.165) is 6.26 Å². The molecule has 0 saturated carbocycles. The maximum absolute atomic E-state index is 13.9. The third-order valence-corrected chi connectivity index (χ3v) is 13.7. The van der Waals surface area contributed by atoms with E-state index in [1.54, 1.807) is 25.1 Å². The van der Waals surface area contributed by atoms with E-state index >= 15 is 0 Å². The minimum absolute atomic E-state index is 0.00749. The van der Waals surface area contributed by atoms with Crippen LogP contribution in [0.2, 0.25) is 0 Å². The molecule has 0 saturated heterocycles. The number of carbonyl (C=O) groups excluding carboxylic acids is 5. The number of carbonyl (C=O) groups is 5. The molecule has 372 valence electrons. The number of nitrogens with one attached hydrogen (secondary N) is 3. The largest absolute Gasteiger partial charge is 0.458 e. The lowest BCUT2D eigenvalue weighted by Crippen LogP contribution is -2.50. The van der Waals surface area contributed by atoms with E-state index in [-0.39, 0.29) is 79.6 Å². The van der Waals surface area contributed by atoms with Gasteiger partial charge in [0.15, 0.2) is 17.1 Å². The summed E-state index contributed by atoms with van der Waals surface area (Å²) in [5.41, 5.74) is 6.66. The van der Waals surface area contributed by atoms with Crippen molar-refractivity contribution in [2.24, 2.45) is 17.6 Å². The van der Waals surface area contributed by atoms with Crippen LogP contribution in [-0.4, -0.2) is 94.7 Å².